The van der Waals surface area contributed by atoms with Gasteiger partial charge in [-0.1, -0.05) is 81.0 Å². The molecule has 1 fully saturated rings. The van der Waals surface area contributed by atoms with E-state index in [-0.39, 0.29) is 28.2 Å². The number of rotatable bonds is 8. The molecule has 0 unspecified atom stereocenters. The van der Waals surface area contributed by atoms with Crippen LogP contribution in [-0.4, -0.2) is 84.4 Å². The van der Waals surface area contributed by atoms with Crippen LogP contribution in [0.3, 0.4) is 0 Å². The zero-order valence-electron chi connectivity index (χ0n) is 26.9. The molecular weight excluding hydrogens is 550 g/mol. The summed E-state index contributed by atoms with van der Waals surface area (Å²) < 4.78 is 0. The fourth-order valence-corrected chi connectivity index (χ4v) is 7.88. The highest BCUT2D eigenvalue weighted by molar-refractivity contribution is 5.90. The molecule has 0 aromatic heterocycles. The first-order chi connectivity index (χ1) is 20.9. The molecule has 2 aliphatic heterocycles. The molecule has 0 spiro atoms. The minimum atomic E-state index is -0.925. The number of carbonyl (C=O) groups is 3. The number of aromatic carboxylic acids is 1. The van der Waals surface area contributed by atoms with Gasteiger partial charge in [-0.2, -0.15) is 0 Å². The molecule has 7 nitrogen and oxygen atoms in total. The molecule has 0 radical (unpaired) electrons. The van der Waals surface area contributed by atoms with Gasteiger partial charge in [0.1, 0.15) is 0 Å². The van der Waals surface area contributed by atoms with Crippen LogP contribution >= 0.6 is 0 Å². The van der Waals surface area contributed by atoms with E-state index in [1.165, 1.54) is 11.1 Å². The number of piperidine rings is 1. The Morgan fingerprint density at radius 2 is 1.55 bits per heavy atom. The van der Waals surface area contributed by atoms with Crippen LogP contribution in [-0.2, 0) is 15.0 Å². The minimum absolute atomic E-state index is 0.164. The van der Waals surface area contributed by atoms with Gasteiger partial charge in [-0.3, -0.25) is 9.59 Å². The summed E-state index contributed by atoms with van der Waals surface area (Å²) in [6.07, 6.45) is 7.98. The van der Waals surface area contributed by atoms with Crippen LogP contribution in [0.5, 0.6) is 0 Å². The SMILES string of the molecule is CN(C)CCCC(=O)N1CCC(C(=O)N2CC=C3C(C)(C)C(c4ccc(C(=O)O)cc4)=CC[C@]3(C)C2)(c2ccccc2)CC1. The molecule has 1 N–H and O–H groups in total. The number of hydrogen-bond donors (Lipinski definition) is 1. The number of hydrogen-bond acceptors (Lipinski definition) is 4. The number of amides is 2. The lowest BCUT2D eigenvalue weighted by molar-refractivity contribution is -0.144. The predicted octanol–water partition coefficient (Wildman–Crippen LogP) is 5.88. The van der Waals surface area contributed by atoms with Crippen molar-refractivity contribution in [3.8, 4) is 0 Å². The summed E-state index contributed by atoms with van der Waals surface area (Å²) in [4.78, 5) is 45.2. The number of fused-ring (bicyclic) bond motifs is 1. The van der Waals surface area contributed by atoms with Gasteiger partial charge in [0.25, 0.3) is 0 Å². The first-order valence-electron chi connectivity index (χ1n) is 15.9. The predicted molar refractivity (Wildman–Crippen MR) is 174 cm³/mol. The number of likely N-dealkylation sites (tertiary alicyclic amines) is 1. The van der Waals surface area contributed by atoms with Crippen LogP contribution in [0, 0.1) is 10.8 Å². The largest absolute Gasteiger partial charge is 0.478 e. The van der Waals surface area contributed by atoms with E-state index in [9.17, 15) is 19.5 Å². The van der Waals surface area contributed by atoms with Crippen LogP contribution in [0.15, 0.2) is 72.3 Å². The van der Waals surface area contributed by atoms with Crippen LogP contribution in [0.1, 0.15) is 74.4 Å². The maximum absolute atomic E-state index is 14.7. The number of carboxylic acids is 1. The lowest BCUT2D eigenvalue weighted by atomic mass is 9.58. The Hall–Kier alpha value is -3.71. The van der Waals surface area contributed by atoms with Crippen molar-refractivity contribution in [3.05, 3.63) is 89.0 Å². The molecule has 5 rings (SSSR count). The van der Waals surface area contributed by atoms with E-state index in [0.717, 1.165) is 30.5 Å². The van der Waals surface area contributed by atoms with Crippen LogP contribution in [0.25, 0.3) is 5.57 Å². The monoisotopic (exact) mass is 597 g/mol. The van der Waals surface area contributed by atoms with E-state index in [1.54, 1.807) is 12.1 Å². The van der Waals surface area contributed by atoms with Gasteiger partial charge in [-0.15, -0.1) is 0 Å². The average molecular weight is 598 g/mol. The highest BCUT2D eigenvalue weighted by Gasteiger charge is 2.50. The number of allylic oxidation sites excluding steroid dienone is 2. The van der Waals surface area contributed by atoms with E-state index >= 15 is 0 Å². The zero-order valence-corrected chi connectivity index (χ0v) is 26.9. The van der Waals surface area contributed by atoms with Crippen molar-refractivity contribution in [2.75, 3.05) is 46.8 Å². The zero-order chi connectivity index (χ0) is 31.7. The Morgan fingerprint density at radius 3 is 2.16 bits per heavy atom. The van der Waals surface area contributed by atoms with Gasteiger partial charge >= 0.3 is 5.97 Å². The normalized spacial score (nSPS) is 22.6. The standard InChI is InChI=1S/C37H47N3O4/c1-35(2)30(27-13-15-28(16-14-27)33(42)43)17-19-36(3)26-40(23-18-31(35)36)34(44)37(29-10-7-6-8-11-29)20-24-39(25-21-37)32(41)12-9-22-38(4)5/h6-8,10-11,13-18H,9,12,19-26H2,1-5H3,(H,42,43)/t36-/m1/s1. The van der Waals surface area contributed by atoms with Crippen LogP contribution in [0.2, 0.25) is 0 Å². The van der Waals surface area contributed by atoms with E-state index in [0.29, 0.717) is 45.4 Å². The summed E-state index contributed by atoms with van der Waals surface area (Å²) in [7, 11) is 4.05. The Balaban J connectivity index is 1.36. The third-order valence-corrected chi connectivity index (χ3v) is 10.2. The van der Waals surface area contributed by atoms with Crippen molar-refractivity contribution in [3.63, 3.8) is 0 Å². The van der Waals surface area contributed by atoms with Crippen LogP contribution < -0.4 is 0 Å². The van der Waals surface area contributed by atoms with E-state index in [4.69, 9.17) is 0 Å². The van der Waals surface area contributed by atoms with Gasteiger partial charge in [0.05, 0.1) is 11.0 Å². The van der Waals surface area contributed by atoms with Gasteiger partial charge in [-0.25, -0.2) is 4.79 Å². The summed E-state index contributed by atoms with van der Waals surface area (Å²) in [5.41, 5.74) is 3.77. The minimum Gasteiger partial charge on any atom is -0.478 e. The molecule has 1 saturated heterocycles. The molecular formula is C37H47N3O4. The van der Waals surface area contributed by atoms with Gasteiger partial charge in [0.15, 0.2) is 0 Å². The Bertz CT molecular complexity index is 1450. The fourth-order valence-electron chi connectivity index (χ4n) is 7.88. The number of benzene rings is 2. The van der Waals surface area contributed by atoms with Crippen molar-refractivity contribution < 1.29 is 19.5 Å². The maximum Gasteiger partial charge on any atom is 0.335 e. The summed E-state index contributed by atoms with van der Waals surface area (Å²) >= 11 is 0. The molecule has 0 saturated carbocycles. The maximum atomic E-state index is 14.7. The van der Waals surface area contributed by atoms with Crippen molar-refractivity contribution in [1.82, 2.24) is 14.7 Å². The van der Waals surface area contributed by atoms with Crippen LogP contribution in [0.4, 0.5) is 0 Å². The van der Waals surface area contributed by atoms with E-state index < -0.39 is 11.4 Å². The molecule has 2 heterocycles. The third kappa shape index (κ3) is 5.99. The van der Waals surface area contributed by atoms with Gasteiger partial charge in [0.2, 0.25) is 11.8 Å². The summed E-state index contributed by atoms with van der Waals surface area (Å²) in [5.74, 6) is -0.577. The highest BCUT2D eigenvalue weighted by Crippen LogP contribution is 2.55. The van der Waals surface area contributed by atoms with E-state index in [1.807, 2.05) is 49.3 Å². The molecule has 3 aliphatic rings. The van der Waals surface area contributed by atoms with Gasteiger partial charge < -0.3 is 19.8 Å². The Labute approximate surface area is 262 Å². The molecule has 2 aromatic carbocycles. The quantitative estimate of drug-likeness (QED) is 0.385. The first kappa shape index (κ1) is 31.7. The second-order valence-electron chi connectivity index (χ2n) is 13.9. The number of carboxylic acid groups (broad SMARTS) is 1. The number of carbonyl (C=O) groups excluding carboxylic acids is 2. The molecule has 234 valence electrons. The molecule has 1 atom stereocenters. The fraction of sp³-hybridized carbons (Fsp3) is 0.486. The molecule has 7 heteroatoms. The molecule has 1 aliphatic carbocycles. The van der Waals surface area contributed by atoms with Crippen molar-refractivity contribution in [2.45, 2.75) is 58.3 Å². The Kier molecular flexibility index (Phi) is 8.90. The summed E-state index contributed by atoms with van der Waals surface area (Å²) in [6.45, 7) is 10.0. The highest BCUT2D eigenvalue weighted by atomic mass is 16.4. The molecule has 2 aromatic rings. The third-order valence-electron chi connectivity index (χ3n) is 10.2. The van der Waals surface area contributed by atoms with Gasteiger partial charge in [0, 0.05) is 43.4 Å². The lowest BCUT2D eigenvalue weighted by Gasteiger charge is -2.52. The lowest BCUT2D eigenvalue weighted by Crippen LogP contribution is -2.57. The smallest absolute Gasteiger partial charge is 0.335 e. The topological polar surface area (TPSA) is 81.2 Å². The molecule has 44 heavy (non-hydrogen) atoms. The van der Waals surface area contributed by atoms with Crippen molar-refractivity contribution >= 4 is 23.4 Å². The first-order valence-corrected chi connectivity index (χ1v) is 15.9. The summed E-state index contributed by atoms with van der Waals surface area (Å²) in [5, 5.41) is 9.34. The molecule has 0 bridgehead atoms. The van der Waals surface area contributed by atoms with Crippen molar-refractivity contribution in [1.29, 1.82) is 0 Å². The van der Waals surface area contributed by atoms with Crippen molar-refractivity contribution in [2.24, 2.45) is 10.8 Å². The summed E-state index contributed by atoms with van der Waals surface area (Å²) in [6, 6.07) is 17.3. The average Bonchev–Trinajstić information content (AvgIpc) is 3.00. The Morgan fingerprint density at radius 1 is 0.886 bits per heavy atom. The van der Waals surface area contributed by atoms with Gasteiger partial charge in [-0.05, 0) is 75.2 Å². The second kappa shape index (κ2) is 12.4. The number of nitrogens with zero attached hydrogens (tertiary/aromatic N) is 3. The second-order valence-corrected chi connectivity index (χ2v) is 13.9. The molecule has 2 amide bonds. The van der Waals surface area contributed by atoms with E-state index in [2.05, 4.69) is 54.9 Å².